The molecule has 4 nitrogen and oxygen atoms in total. The molecule has 0 saturated heterocycles. The van der Waals surface area contributed by atoms with Crippen LogP contribution in [0.2, 0.25) is 5.02 Å². The third kappa shape index (κ3) is 3.97. The second-order valence-corrected chi connectivity index (χ2v) is 6.58. The first-order valence-corrected chi connectivity index (χ1v) is 8.80. The number of hydrogen-bond donors (Lipinski definition) is 0. The Morgan fingerprint density at radius 2 is 2.00 bits per heavy atom. The molecule has 132 valence electrons. The number of halogens is 1. The van der Waals surface area contributed by atoms with Crippen LogP contribution in [-0.4, -0.2) is 23.3 Å². The van der Waals surface area contributed by atoms with Crippen molar-refractivity contribution in [2.24, 2.45) is 0 Å². The summed E-state index contributed by atoms with van der Waals surface area (Å²) >= 11 is 6.18. The standard InChI is InChI=1S/C20H23ClN2O2/c1-14-6-4-7-19(15(14)2)25-13-20-22-17-9-8-16(21)12-18(17)23(20)10-5-11-24-3/h4,6-9,12H,5,10-11,13H2,1-3H3. The van der Waals surface area contributed by atoms with Gasteiger partial charge in [-0.1, -0.05) is 23.7 Å². The van der Waals surface area contributed by atoms with E-state index in [0.717, 1.165) is 41.1 Å². The zero-order chi connectivity index (χ0) is 17.8. The van der Waals surface area contributed by atoms with Crippen LogP contribution >= 0.6 is 11.6 Å². The predicted octanol–water partition coefficient (Wildman–Crippen LogP) is 4.92. The minimum Gasteiger partial charge on any atom is -0.485 e. The van der Waals surface area contributed by atoms with E-state index < -0.39 is 0 Å². The average molecular weight is 359 g/mol. The second-order valence-electron chi connectivity index (χ2n) is 6.15. The van der Waals surface area contributed by atoms with E-state index in [1.165, 1.54) is 5.56 Å². The highest BCUT2D eigenvalue weighted by atomic mass is 35.5. The van der Waals surface area contributed by atoms with Gasteiger partial charge in [0.2, 0.25) is 0 Å². The molecule has 0 unspecified atom stereocenters. The highest BCUT2D eigenvalue weighted by Gasteiger charge is 2.12. The lowest BCUT2D eigenvalue weighted by molar-refractivity contribution is 0.189. The Hall–Kier alpha value is -2.04. The molecule has 0 aliphatic carbocycles. The number of benzene rings is 2. The fraction of sp³-hybridized carbons (Fsp3) is 0.350. The summed E-state index contributed by atoms with van der Waals surface area (Å²) in [5.74, 6) is 1.79. The quantitative estimate of drug-likeness (QED) is 0.562. The first-order valence-electron chi connectivity index (χ1n) is 8.42. The molecule has 0 aliphatic rings. The molecular weight excluding hydrogens is 336 g/mol. The number of ether oxygens (including phenoxy) is 2. The number of methoxy groups -OCH3 is 1. The molecule has 5 heteroatoms. The fourth-order valence-electron chi connectivity index (χ4n) is 2.90. The second kappa shape index (κ2) is 7.89. The van der Waals surface area contributed by atoms with Gasteiger partial charge < -0.3 is 14.0 Å². The van der Waals surface area contributed by atoms with Crippen LogP contribution in [-0.2, 0) is 17.9 Å². The molecule has 0 aliphatic heterocycles. The monoisotopic (exact) mass is 358 g/mol. The molecule has 0 amide bonds. The average Bonchev–Trinajstić information content (AvgIpc) is 2.93. The summed E-state index contributed by atoms with van der Waals surface area (Å²) in [5.41, 5.74) is 4.34. The zero-order valence-corrected chi connectivity index (χ0v) is 15.6. The number of hydrogen-bond acceptors (Lipinski definition) is 3. The van der Waals surface area contributed by atoms with Crippen LogP contribution in [0.4, 0.5) is 0 Å². The molecule has 0 saturated carbocycles. The Kier molecular flexibility index (Phi) is 5.61. The van der Waals surface area contributed by atoms with Crippen molar-refractivity contribution in [2.45, 2.75) is 33.4 Å². The van der Waals surface area contributed by atoms with Crippen molar-refractivity contribution in [3.8, 4) is 5.75 Å². The van der Waals surface area contributed by atoms with Crippen molar-refractivity contribution in [2.75, 3.05) is 13.7 Å². The van der Waals surface area contributed by atoms with E-state index >= 15 is 0 Å². The van der Waals surface area contributed by atoms with Crippen molar-refractivity contribution in [1.82, 2.24) is 9.55 Å². The van der Waals surface area contributed by atoms with Crippen molar-refractivity contribution < 1.29 is 9.47 Å². The lowest BCUT2D eigenvalue weighted by Crippen LogP contribution is -2.09. The molecule has 0 bridgehead atoms. The number of imidazole rings is 1. The minimum absolute atomic E-state index is 0.420. The number of fused-ring (bicyclic) bond motifs is 1. The lowest BCUT2D eigenvalue weighted by Gasteiger charge is -2.12. The first kappa shape index (κ1) is 17.8. The predicted molar refractivity (Wildman–Crippen MR) is 101 cm³/mol. The molecule has 25 heavy (non-hydrogen) atoms. The number of nitrogens with zero attached hydrogens (tertiary/aromatic N) is 2. The van der Waals surface area contributed by atoms with Crippen LogP contribution in [0.3, 0.4) is 0 Å². The van der Waals surface area contributed by atoms with E-state index in [9.17, 15) is 0 Å². The van der Waals surface area contributed by atoms with Gasteiger partial charge in [-0.05, 0) is 55.7 Å². The molecule has 0 fully saturated rings. The number of aryl methyl sites for hydroxylation is 2. The molecule has 2 aromatic carbocycles. The van der Waals surface area contributed by atoms with Gasteiger partial charge in [0.05, 0.1) is 11.0 Å². The van der Waals surface area contributed by atoms with Gasteiger partial charge in [0.15, 0.2) is 0 Å². The first-order chi connectivity index (χ1) is 12.1. The Labute approximate surface area is 153 Å². The van der Waals surface area contributed by atoms with E-state index in [1.807, 2.05) is 30.3 Å². The SMILES string of the molecule is COCCCn1c(COc2cccc(C)c2C)nc2ccc(Cl)cc21. The summed E-state index contributed by atoms with van der Waals surface area (Å²) < 4.78 is 13.4. The van der Waals surface area contributed by atoms with E-state index in [-0.39, 0.29) is 0 Å². The molecular formula is C20H23ClN2O2. The highest BCUT2D eigenvalue weighted by molar-refractivity contribution is 6.31. The third-order valence-electron chi connectivity index (χ3n) is 4.43. The van der Waals surface area contributed by atoms with Crippen LogP contribution in [0.5, 0.6) is 5.75 Å². The number of rotatable bonds is 7. The third-order valence-corrected chi connectivity index (χ3v) is 4.67. The lowest BCUT2D eigenvalue weighted by atomic mass is 10.1. The summed E-state index contributed by atoms with van der Waals surface area (Å²) in [4.78, 5) is 4.74. The highest BCUT2D eigenvalue weighted by Crippen LogP contribution is 2.24. The van der Waals surface area contributed by atoms with Gasteiger partial charge in [-0.15, -0.1) is 0 Å². The van der Waals surface area contributed by atoms with Gasteiger partial charge in [0.25, 0.3) is 0 Å². The maximum Gasteiger partial charge on any atom is 0.148 e. The van der Waals surface area contributed by atoms with Gasteiger partial charge in [-0.3, -0.25) is 0 Å². The van der Waals surface area contributed by atoms with Crippen LogP contribution in [0.1, 0.15) is 23.4 Å². The van der Waals surface area contributed by atoms with Gasteiger partial charge in [-0.25, -0.2) is 4.98 Å². The number of aromatic nitrogens is 2. The summed E-state index contributed by atoms with van der Waals surface area (Å²) in [6.45, 7) is 6.10. The maximum absolute atomic E-state index is 6.18. The Balaban J connectivity index is 1.88. The van der Waals surface area contributed by atoms with Crippen molar-refractivity contribution >= 4 is 22.6 Å². The summed E-state index contributed by atoms with van der Waals surface area (Å²) in [5, 5.41) is 0.711. The Morgan fingerprint density at radius 3 is 2.80 bits per heavy atom. The van der Waals surface area contributed by atoms with Gasteiger partial charge in [-0.2, -0.15) is 0 Å². The molecule has 0 radical (unpaired) electrons. The van der Waals surface area contributed by atoms with Crippen LogP contribution in [0.15, 0.2) is 36.4 Å². The normalized spacial score (nSPS) is 11.2. The molecule has 3 aromatic rings. The van der Waals surface area contributed by atoms with E-state index in [4.69, 9.17) is 26.1 Å². The van der Waals surface area contributed by atoms with Gasteiger partial charge in [0, 0.05) is 25.3 Å². The van der Waals surface area contributed by atoms with E-state index in [2.05, 4.69) is 24.5 Å². The van der Waals surface area contributed by atoms with Crippen LogP contribution in [0, 0.1) is 13.8 Å². The smallest absolute Gasteiger partial charge is 0.148 e. The maximum atomic E-state index is 6.18. The van der Waals surface area contributed by atoms with E-state index in [0.29, 0.717) is 18.2 Å². The topological polar surface area (TPSA) is 36.3 Å². The molecule has 3 rings (SSSR count). The van der Waals surface area contributed by atoms with Gasteiger partial charge >= 0.3 is 0 Å². The van der Waals surface area contributed by atoms with Crippen molar-refractivity contribution in [3.63, 3.8) is 0 Å². The largest absolute Gasteiger partial charge is 0.485 e. The fourth-order valence-corrected chi connectivity index (χ4v) is 3.06. The van der Waals surface area contributed by atoms with E-state index in [1.54, 1.807) is 7.11 Å². The molecule has 0 atom stereocenters. The summed E-state index contributed by atoms with van der Waals surface area (Å²) in [7, 11) is 1.72. The minimum atomic E-state index is 0.420. The molecule has 1 heterocycles. The Bertz CT molecular complexity index is 874. The zero-order valence-electron chi connectivity index (χ0n) is 14.9. The molecule has 0 spiro atoms. The van der Waals surface area contributed by atoms with Crippen molar-refractivity contribution in [3.05, 3.63) is 58.4 Å². The molecule has 1 aromatic heterocycles. The Morgan fingerprint density at radius 1 is 1.16 bits per heavy atom. The van der Waals surface area contributed by atoms with Crippen LogP contribution in [0.25, 0.3) is 11.0 Å². The van der Waals surface area contributed by atoms with Crippen LogP contribution < -0.4 is 4.74 Å². The van der Waals surface area contributed by atoms with Gasteiger partial charge in [0.1, 0.15) is 18.2 Å². The van der Waals surface area contributed by atoms with Crippen molar-refractivity contribution in [1.29, 1.82) is 0 Å². The summed E-state index contributed by atoms with van der Waals surface area (Å²) in [6, 6.07) is 11.9. The molecule has 0 N–H and O–H groups in total. The summed E-state index contributed by atoms with van der Waals surface area (Å²) in [6.07, 6.45) is 0.908.